The zero-order chi connectivity index (χ0) is 10.8. The smallest absolute Gasteiger partial charge is 0.127 e. The Hall–Kier alpha value is -1.63. The molecule has 76 valence electrons. The zero-order valence-electron chi connectivity index (χ0n) is 8.92. The third-order valence-electron chi connectivity index (χ3n) is 2.68. The fourth-order valence-electron chi connectivity index (χ4n) is 1.79. The molecular formula is C14H13F. The molecule has 0 spiro atoms. The minimum Gasteiger partial charge on any atom is -0.207 e. The molecule has 0 heterocycles. The molecule has 1 aliphatic carbocycles. The lowest BCUT2D eigenvalue weighted by atomic mass is 10.0. The Morgan fingerprint density at radius 1 is 0.867 bits per heavy atom. The van der Waals surface area contributed by atoms with Crippen LogP contribution in [0, 0.1) is 19.7 Å². The summed E-state index contributed by atoms with van der Waals surface area (Å²) < 4.78 is 13.5. The molecule has 0 saturated heterocycles. The van der Waals surface area contributed by atoms with Crippen LogP contribution < -0.4 is 10.4 Å². The van der Waals surface area contributed by atoms with Gasteiger partial charge in [0.15, 0.2) is 0 Å². The Balaban J connectivity index is 2.96. The average molecular weight is 200 g/mol. The van der Waals surface area contributed by atoms with E-state index in [0.29, 0.717) is 5.56 Å². The second-order valence-electron chi connectivity index (χ2n) is 3.73. The first kappa shape index (κ1) is 9.91. The van der Waals surface area contributed by atoms with Crippen LogP contribution in [0.3, 0.4) is 0 Å². The van der Waals surface area contributed by atoms with Crippen molar-refractivity contribution in [1.82, 2.24) is 0 Å². The second-order valence-corrected chi connectivity index (χ2v) is 3.73. The molecule has 1 heteroatoms. The van der Waals surface area contributed by atoms with Crippen LogP contribution >= 0.6 is 0 Å². The number of hydrogen-bond donors (Lipinski definition) is 0. The zero-order valence-corrected chi connectivity index (χ0v) is 8.92. The molecule has 0 aromatic heterocycles. The Labute approximate surface area is 88.8 Å². The van der Waals surface area contributed by atoms with Crippen molar-refractivity contribution in [3.05, 3.63) is 57.8 Å². The molecule has 0 saturated carbocycles. The average Bonchev–Trinajstić information content (AvgIpc) is 2.14. The standard InChI is InChI=1S/C14H13F/c1-10-9-14(15)11(2)13-8-6-4-3-5-7-12(10)13/h3-9H,1-2H3/b4-3?,5-3-,6-4-,7-5?,8-6?,12-7-,13-8-. The summed E-state index contributed by atoms with van der Waals surface area (Å²) in [5, 5.41) is 2.09. The summed E-state index contributed by atoms with van der Waals surface area (Å²) in [5.41, 5.74) is 1.69. The normalized spacial score (nSPS) is 22.3. The van der Waals surface area contributed by atoms with Gasteiger partial charge in [-0.25, -0.2) is 4.39 Å². The summed E-state index contributed by atoms with van der Waals surface area (Å²) in [6.45, 7) is 3.75. The fraction of sp³-hybridized carbons (Fsp3) is 0.143. The van der Waals surface area contributed by atoms with Crippen LogP contribution in [-0.2, 0) is 0 Å². The van der Waals surface area contributed by atoms with Gasteiger partial charge in [-0.3, -0.25) is 0 Å². The first-order valence-corrected chi connectivity index (χ1v) is 5.01. The molecule has 1 aromatic carbocycles. The quantitative estimate of drug-likeness (QED) is 0.602. The van der Waals surface area contributed by atoms with Gasteiger partial charge in [0.25, 0.3) is 0 Å². The summed E-state index contributed by atoms with van der Waals surface area (Å²) in [7, 11) is 0. The van der Waals surface area contributed by atoms with Gasteiger partial charge in [-0.1, -0.05) is 36.5 Å². The molecule has 0 fully saturated rings. The first-order chi connectivity index (χ1) is 7.20. The number of aryl methyl sites for hydroxylation is 1. The highest BCUT2D eigenvalue weighted by Gasteiger charge is 2.02. The van der Waals surface area contributed by atoms with Gasteiger partial charge in [0, 0.05) is 0 Å². The van der Waals surface area contributed by atoms with Gasteiger partial charge >= 0.3 is 0 Å². The highest BCUT2D eigenvalue weighted by atomic mass is 19.1. The van der Waals surface area contributed by atoms with E-state index in [9.17, 15) is 4.39 Å². The van der Waals surface area contributed by atoms with Gasteiger partial charge in [-0.15, -0.1) is 0 Å². The molecule has 0 radical (unpaired) electrons. The van der Waals surface area contributed by atoms with Crippen LogP contribution in [-0.4, -0.2) is 0 Å². The predicted octanol–water partition coefficient (Wildman–Crippen LogP) is 2.13. The molecular weight excluding hydrogens is 187 g/mol. The van der Waals surface area contributed by atoms with Crippen molar-refractivity contribution in [2.45, 2.75) is 13.8 Å². The largest absolute Gasteiger partial charge is 0.207 e. The molecule has 0 unspecified atom stereocenters. The van der Waals surface area contributed by atoms with Crippen LogP contribution in [0.4, 0.5) is 4.39 Å². The highest BCUT2D eigenvalue weighted by Crippen LogP contribution is 2.01. The molecule has 15 heavy (non-hydrogen) atoms. The second kappa shape index (κ2) is 3.85. The van der Waals surface area contributed by atoms with Gasteiger partial charge < -0.3 is 0 Å². The van der Waals surface area contributed by atoms with Crippen LogP contribution in [0.15, 0.2) is 30.4 Å². The molecule has 0 aliphatic heterocycles. The van der Waals surface area contributed by atoms with Crippen LogP contribution in [0.2, 0.25) is 0 Å². The Morgan fingerprint density at radius 3 is 2.13 bits per heavy atom. The minimum atomic E-state index is -0.131. The van der Waals surface area contributed by atoms with Gasteiger partial charge in [-0.2, -0.15) is 0 Å². The molecule has 0 N–H and O–H groups in total. The maximum atomic E-state index is 13.5. The minimum absolute atomic E-state index is 0.131. The predicted molar refractivity (Wildman–Crippen MR) is 62.3 cm³/mol. The van der Waals surface area contributed by atoms with E-state index in [1.165, 1.54) is 0 Å². The summed E-state index contributed by atoms with van der Waals surface area (Å²) in [4.78, 5) is 0. The van der Waals surface area contributed by atoms with E-state index in [1.807, 2.05) is 50.3 Å². The summed E-state index contributed by atoms with van der Waals surface area (Å²) in [6.07, 6.45) is 11.8. The van der Waals surface area contributed by atoms with E-state index in [4.69, 9.17) is 0 Å². The Morgan fingerprint density at radius 2 is 1.47 bits per heavy atom. The van der Waals surface area contributed by atoms with Crippen molar-refractivity contribution in [2.24, 2.45) is 0 Å². The van der Waals surface area contributed by atoms with Crippen molar-refractivity contribution < 1.29 is 4.39 Å². The summed E-state index contributed by atoms with van der Waals surface area (Å²) >= 11 is 0. The topological polar surface area (TPSA) is 0 Å². The maximum Gasteiger partial charge on any atom is 0.127 e. The van der Waals surface area contributed by atoms with Gasteiger partial charge in [0.05, 0.1) is 0 Å². The van der Waals surface area contributed by atoms with Gasteiger partial charge in [0.2, 0.25) is 0 Å². The number of hydrogen-bond acceptors (Lipinski definition) is 0. The molecule has 0 atom stereocenters. The third kappa shape index (κ3) is 1.78. The van der Waals surface area contributed by atoms with E-state index in [1.54, 1.807) is 6.07 Å². The van der Waals surface area contributed by atoms with Crippen molar-refractivity contribution in [1.29, 1.82) is 0 Å². The van der Waals surface area contributed by atoms with Crippen molar-refractivity contribution >= 4 is 12.2 Å². The number of rotatable bonds is 0. The first-order valence-electron chi connectivity index (χ1n) is 5.01. The van der Waals surface area contributed by atoms with Crippen molar-refractivity contribution in [3.63, 3.8) is 0 Å². The fourth-order valence-corrected chi connectivity index (χ4v) is 1.79. The van der Waals surface area contributed by atoms with Crippen molar-refractivity contribution in [2.75, 3.05) is 0 Å². The van der Waals surface area contributed by atoms with E-state index < -0.39 is 0 Å². The maximum absolute atomic E-state index is 13.5. The molecule has 2 rings (SSSR count). The summed E-state index contributed by atoms with van der Waals surface area (Å²) in [6, 6.07) is 1.59. The number of halogens is 1. The lowest BCUT2D eigenvalue weighted by molar-refractivity contribution is 0.615. The lowest BCUT2D eigenvalue weighted by Crippen LogP contribution is -2.31. The number of fused-ring (bicyclic) bond motifs is 1. The van der Waals surface area contributed by atoms with Gasteiger partial charge in [-0.05, 0) is 41.5 Å². The van der Waals surface area contributed by atoms with Crippen LogP contribution in [0.25, 0.3) is 12.2 Å². The Bertz CT molecular complexity index is 560. The monoisotopic (exact) mass is 200 g/mol. The molecule has 1 aromatic rings. The van der Waals surface area contributed by atoms with E-state index in [2.05, 4.69) is 0 Å². The molecule has 0 bridgehead atoms. The molecule has 0 nitrogen and oxygen atoms in total. The Kier molecular flexibility index (Phi) is 2.55. The number of benzene rings is 1. The van der Waals surface area contributed by atoms with Crippen molar-refractivity contribution in [3.8, 4) is 0 Å². The summed E-state index contributed by atoms with van der Waals surface area (Å²) in [5.74, 6) is -0.131. The van der Waals surface area contributed by atoms with Crippen LogP contribution in [0.1, 0.15) is 11.1 Å². The van der Waals surface area contributed by atoms with E-state index in [0.717, 1.165) is 16.0 Å². The van der Waals surface area contributed by atoms with E-state index in [-0.39, 0.29) is 5.82 Å². The third-order valence-corrected chi connectivity index (χ3v) is 2.68. The lowest BCUT2D eigenvalue weighted by Gasteiger charge is -2.03. The van der Waals surface area contributed by atoms with Gasteiger partial charge in [0.1, 0.15) is 5.82 Å². The van der Waals surface area contributed by atoms with Crippen LogP contribution in [0.5, 0.6) is 0 Å². The molecule has 0 amide bonds. The SMILES string of the molecule is Cc1cc(F)c(C)c2/c1=C\C=C/C=C\C=2. The van der Waals surface area contributed by atoms with E-state index >= 15 is 0 Å². The molecule has 1 aliphatic rings. The highest BCUT2D eigenvalue weighted by molar-refractivity contribution is 5.51. The number of allylic oxidation sites excluding steroid dienone is 4.